The summed E-state index contributed by atoms with van der Waals surface area (Å²) in [6, 6.07) is 5.23. The summed E-state index contributed by atoms with van der Waals surface area (Å²) in [5.74, 6) is 0. The molecule has 1 aromatic rings. The summed E-state index contributed by atoms with van der Waals surface area (Å²) in [5.41, 5.74) is 0.891. The highest BCUT2D eigenvalue weighted by atomic mass is 35.5. The number of benzene rings is 1. The number of hydrogen-bond acceptors (Lipinski definition) is 3. The first-order valence-corrected chi connectivity index (χ1v) is 8.12. The molecule has 0 heterocycles. The van der Waals surface area contributed by atoms with Crippen LogP contribution in [0.5, 0.6) is 0 Å². The number of rotatable bonds is 6. The lowest BCUT2D eigenvalue weighted by Crippen LogP contribution is -2.30. The lowest BCUT2D eigenvalue weighted by Gasteiger charge is -2.13. The summed E-state index contributed by atoms with van der Waals surface area (Å²) in [6.07, 6.45) is 0. The van der Waals surface area contributed by atoms with Gasteiger partial charge < -0.3 is 5.32 Å². The molecule has 108 valence electrons. The van der Waals surface area contributed by atoms with Crippen LogP contribution in [0, 0.1) is 0 Å². The van der Waals surface area contributed by atoms with Gasteiger partial charge in [-0.3, -0.25) is 0 Å². The van der Waals surface area contributed by atoms with Gasteiger partial charge in [-0.25, -0.2) is 13.1 Å². The van der Waals surface area contributed by atoms with Gasteiger partial charge in [0.2, 0.25) is 10.0 Å². The molecule has 0 radical (unpaired) electrons. The van der Waals surface area contributed by atoms with Gasteiger partial charge in [0.1, 0.15) is 4.90 Å². The lowest BCUT2D eigenvalue weighted by molar-refractivity contribution is 0.568. The molecular weight excluding hydrogens is 284 g/mol. The van der Waals surface area contributed by atoms with Crippen LogP contribution in [-0.4, -0.2) is 20.5 Å². The molecule has 19 heavy (non-hydrogen) atoms. The molecule has 4 nitrogen and oxygen atoms in total. The van der Waals surface area contributed by atoms with E-state index in [0.29, 0.717) is 12.6 Å². The van der Waals surface area contributed by atoms with Crippen molar-refractivity contribution in [3.63, 3.8) is 0 Å². The molecule has 1 rings (SSSR count). The topological polar surface area (TPSA) is 58.2 Å². The van der Waals surface area contributed by atoms with Gasteiger partial charge in [-0.15, -0.1) is 0 Å². The van der Waals surface area contributed by atoms with E-state index in [9.17, 15) is 8.42 Å². The quantitative estimate of drug-likeness (QED) is 0.849. The molecule has 0 aliphatic carbocycles. The van der Waals surface area contributed by atoms with Gasteiger partial charge in [0.05, 0.1) is 5.02 Å². The van der Waals surface area contributed by atoms with Crippen LogP contribution in [0.2, 0.25) is 5.02 Å². The van der Waals surface area contributed by atoms with E-state index in [0.717, 1.165) is 5.56 Å². The normalized spacial score (nSPS) is 12.4. The minimum Gasteiger partial charge on any atom is -0.310 e. The Kier molecular flexibility index (Phi) is 5.80. The van der Waals surface area contributed by atoms with Gasteiger partial charge in [-0.1, -0.05) is 31.5 Å². The van der Waals surface area contributed by atoms with Crippen LogP contribution in [0.3, 0.4) is 0 Å². The minimum atomic E-state index is -3.56. The maximum atomic E-state index is 12.1. The zero-order chi connectivity index (χ0) is 14.6. The molecule has 0 atom stereocenters. The maximum Gasteiger partial charge on any atom is 0.242 e. The van der Waals surface area contributed by atoms with Crippen LogP contribution in [0.1, 0.15) is 33.3 Å². The Hall–Kier alpha value is -0.620. The second kappa shape index (κ2) is 6.70. The first-order valence-electron chi connectivity index (χ1n) is 6.26. The van der Waals surface area contributed by atoms with E-state index in [4.69, 9.17) is 11.6 Å². The molecule has 0 fully saturated rings. The van der Waals surface area contributed by atoms with Gasteiger partial charge in [0.15, 0.2) is 0 Å². The third-order valence-electron chi connectivity index (χ3n) is 2.39. The predicted molar refractivity (Wildman–Crippen MR) is 78.9 cm³/mol. The Morgan fingerprint density at radius 1 is 1.16 bits per heavy atom. The van der Waals surface area contributed by atoms with Gasteiger partial charge in [-0.2, -0.15) is 0 Å². The molecule has 0 spiro atoms. The average molecular weight is 305 g/mol. The fraction of sp³-hybridized carbons (Fsp3) is 0.538. The largest absolute Gasteiger partial charge is 0.310 e. The van der Waals surface area contributed by atoms with Gasteiger partial charge in [0.25, 0.3) is 0 Å². The van der Waals surface area contributed by atoms with Crippen LogP contribution in [0.4, 0.5) is 0 Å². The minimum absolute atomic E-state index is 0.130. The van der Waals surface area contributed by atoms with Crippen molar-refractivity contribution in [1.29, 1.82) is 0 Å². The Balaban J connectivity index is 3.03. The highest BCUT2D eigenvalue weighted by Crippen LogP contribution is 2.22. The van der Waals surface area contributed by atoms with Crippen molar-refractivity contribution in [2.45, 2.75) is 51.2 Å². The number of halogens is 1. The zero-order valence-corrected chi connectivity index (χ0v) is 13.3. The van der Waals surface area contributed by atoms with E-state index in [1.807, 2.05) is 19.9 Å². The zero-order valence-electron chi connectivity index (χ0n) is 11.7. The molecule has 0 bridgehead atoms. The fourth-order valence-corrected chi connectivity index (χ4v) is 3.36. The molecule has 0 saturated carbocycles. The summed E-state index contributed by atoms with van der Waals surface area (Å²) in [4.78, 5) is 0.130. The van der Waals surface area contributed by atoms with Crippen LogP contribution in [0.25, 0.3) is 0 Å². The second-order valence-electron chi connectivity index (χ2n) is 5.08. The van der Waals surface area contributed by atoms with Crippen molar-refractivity contribution in [2.75, 3.05) is 0 Å². The molecule has 0 unspecified atom stereocenters. The molecule has 0 amide bonds. The average Bonchev–Trinajstić information content (AvgIpc) is 2.25. The Bertz CT molecular complexity index is 527. The van der Waals surface area contributed by atoms with E-state index < -0.39 is 10.0 Å². The molecule has 0 saturated heterocycles. The standard InChI is InChI=1S/C13H21ClN2O2S/c1-9(2)15-8-11-5-6-12(14)13(7-11)19(17,18)16-10(3)4/h5-7,9-10,15-16H,8H2,1-4H3. The highest BCUT2D eigenvalue weighted by molar-refractivity contribution is 7.89. The Morgan fingerprint density at radius 3 is 2.32 bits per heavy atom. The number of sulfonamides is 1. The summed E-state index contributed by atoms with van der Waals surface area (Å²) >= 11 is 5.99. The first-order chi connectivity index (χ1) is 8.72. The highest BCUT2D eigenvalue weighted by Gasteiger charge is 2.19. The van der Waals surface area contributed by atoms with Crippen LogP contribution in [-0.2, 0) is 16.6 Å². The van der Waals surface area contributed by atoms with Gasteiger partial charge in [-0.05, 0) is 31.5 Å². The Labute approximate surface area is 120 Å². The van der Waals surface area contributed by atoms with E-state index in [-0.39, 0.29) is 16.0 Å². The first kappa shape index (κ1) is 16.4. The summed E-state index contributed by atoms with van der Waals surface area (Å²) in [7, 11) is -3.56. The lowest BCUT2D eigenvalue weighted by atomic mass is 10.2. The van der Waals surface area contributed by atoms with Crippen molar-refractivity contribution in [1.82, 2.24) is 10.0 Å². The van der Waals surface area contributed by atoms with Crippen molar-refractivity contribution >= 4 is 21.6 Å². The van der Waals surface area contributed by atoms with Crippen molar-refractivity contribution in [3.05, 3.63) is 28.8 Å². The van der Waals surface area contributed by atoms with E-state index in [1.165, 1.54) is 0 Å². The fourth-order valence-electron chi connectivity index (χ4n) is 1.56. The number of hydrogen-bond donors (Lipinski definition) is 2. The van der Waals surface area contributed by atoms with Crippen molar-refractivity contribution < 1.29 is 8.42 Å². The van der Waals surface area contributed by atoms with E-state index in [2.05, 4.69) is 10.0 Å². The molecule has 0 aliphatic rings. The second-order valence-corrected chi connectivity index (χ2v) is 7.17. The van der Waals surface area contributed by atoms with Crippen LogP contribution >= 0.6 is 11.6 Å². The van der Waals surface area contributed by atoms with E-state index >= 15 is 0 Å². The summed E-state index contributed by atoms with van der Waals surface area (Å²) < 4.78 is 26.8. The van der Waals surface area contributed by atoms with Crippen LogP contribution < -0.4 is 10.0 Å². The maximum absolute atomic E-state index is 12.1. The molecule has 0 aromatic heterocycles. The molecular formula is C13H21ClN2O2S. The third-order valence-corrected chi connectivity index (χ3v) is 4.53. The molecule has 0 aliphatic heterocycles. The molecule has 2 N–H and O–H groups in total. The number of nitrogens with one attached hydrogen (secondary N) is 2. The predicted octanol–water partition coefficient (Wildman–Crippen LogP) is 2.52. The van der Waals surface area contributed by atoms with Gasteiger partial charge in [0, 0.05) is 18.6 Å². The summed E-state index contributed by atoms with van der Waals surface area (Å²) in [5, 5.41) is 3.48. The van der Waals surface area contributed by atoms with Crippen molar-refractivity contribution in [3.8, 4) is 0 Å². The van der Waals surface area contributed by atoms with Crippen molar-refractivity contribution in [2.24, 2.45) is 0 Å². The van der Waals surface area contributed by atoms with Crippen LogP contribution in [0.15, 0.2) is 23.1 Å². The summed E-state index contributed by atoms with van der Waals surface area (Å²) in [6.45, 7) is 8.23. The smallest absolute Gasteiger partial charge is 0.242 e. The van der Waals surface area contributed by atoms with E-state index in [1.54, 1.807) is 26.0 Å². The Morgan fingerprint density at radius 2 is 1.79 bits per heavy atom. The van der Waals surface area contributed by atoms with Gasteiger partial charge >= 0.3 is 0 Å². The molecule has 6 heteroatoms. The monoisotopic (exact) mass is 304 g/mol. The third kappa shape index (κ3) is 5.10. The molecule has 1 aromatic carbocycles. The SMILES string of the molecule is CC(C)NCc1ccc(Cl)c(S(=O)(=O)NC(C)C)c1.